The summed E-state index contributed by atoms with van der Waals surface area (Å²) in [6.07, 6.45) is 1.13. The van der Waals surface area contributed by atoms with Crippen LogP contribution < -0.4 is 0 Å². The van der Waals surface area contributed by atoms with Crippen molar-refractivity contribution < 1.29 is 17.6 Å². The lowest BCUT2D eigenvalue weighted by Gasteiger charge is -2.33. The molecule has 0 spiro atoms. The second-order valence-electron chi connectivity index (χ2n) is 6.89. The second-order valence-corrected chi connectivity index (χ2v) is 9.14. The molecule has 1 saturated heterocycles. The second kappa shape index (κ2) is 7.40. The monoisotopic (exact) mass is 378 g/mol. The normalized spacial score (nSPS) is 18.1. The molecule has 0 N–H and O–H groups in total. The first kappa shape index (κ1) is 18.9. The van der Waals surface area contributed by atoms with Crippen molar-refractivity contribution in [2.24, 2.45) is 5.92 Å². The minimum Gasteiger partial charge on any atom is -0.459 e. The lowest BCUT2D eigenvalue weighted by atomic mass is 9.96. The Bertz CT molecular complexity index is 849. The van der Waals surface area contributed by atoms with E-state index in [1.807, 2.05) is 37.3 Å². The molecule has 1 amide bonds. The third-order valence-electron chi connectivity index (χ3n) is 5.35. The fourth-order valence-corrected chi connectivity index (χ4v) is 4.57. The van der Waals surface area contributed by atoms with Crippen molar-refractivity contribution >= 4 is 26.9 Å². The molecule has 0 bridgehead atoms. The van der Waals surface area contributed by atoms with Gasteiger partial charge in [-0.2, -0.15) is 0 Å². The predicted molar refractivity (Wildman–Crippen MR) is 101 cm³/mol. The molecule has 3 rings (SSSR count). The molecule has 1 aromatic heterocycles. The van der Waals surface area contributed by atoms with Gasteiger partial charge < -0.3 is 9.32 Å². The van der Waals surface area contributed by atoms with Gasteiger partial charge in [-0.3, -0.25) is 4.79 Å². The van der Waals surface area contributed by atoms with Crippen molar-refractivity contribution in [1.82, 2.24) is 9.21 Å². The average Bonchev–Trinajstić information content (AvgIpc) is 3.10. The number of hydrogen-bond donors (Lipinski definition) is 0. The van der Waals surface area contributed by atoms with E-state index in [0.29, 0.717) is 25.9 Å². The number of sulfonamides is 1. The van der Waals surface area contributed by atoms with Crippen molar-refractivity contribution in [2.75, 3.05) is 25.9 Å². The molecule has 0 radical (unpaired) electrons. The van der Waals surface area contributed by atoms with Crippen LogP contribution in [0.25, 0.3) is 11.0 Å². The van der Waals surface area contributed by atoms with Crippen molar-refractivity contribution in [1.29, 1.82) is 0 Å². The summed E-state index contributed by atoms with van der Waals surface area (Å²) in [7, 11) is -1.38. The Morgan fingerprint density at radius 2 is 1.96 bits per heavy atom. The Labute approximate surface area is 154 Å². The molecular weight excluding hydrogens is 352 g/mol. The number of benzene rings is 1. The highest BCUT2D eigenvalue weighted by molar-refractivity contribution is 7.89. The van der Waals surface area contributed by atoms with Crippen LogP contribution in [0.5, 0.6) is 0 Å². The first-order valence-electron chi connectivity index (χ1n) is 9.06. The molecule has 1 atom stereocenters. The number of nitrogens with zero attached hydrogens (tertiary/aromatic N) is 2. The molecule has 0 saturated carbocycles. The van der Waals surface area contributed by atoms with Gasteiger partial charge in [0, 0.05) is 31.4 Å². The lowest BCUT2D eigenvalue weighted by molar-refractivity contribution is -0.137. The Morgan fingerprint density at radius 1 is 1.31 bits per heavy atom. The van der Waals surface area contributed by atoms with E-state index in [1.165, 1.54) is 4.31 Å². The zero-order valence-corrected chi connectivity index (χ0v) is 16.3. The Morgan fingerprint density at radius 3 is 2.58 bits per heavy atom. The van der Waals surface area contributed by atoms with Gasteiger partial charge in [0.2, 0.25) is 15.9 Å². The van der Waals surface area contributed by atoms with E-state index in [-0.39, 0.29) is 23.6 Å². The van der Waals surface area contributed by atoms with E-state index >= 15 is 0 Å². The SMILES string of the molecule is CCS(=O)(=O)N1CCC(C(=O)N(C)C(C)c2cc3ccccc3o2)CC1. The van der Waals surface area contributed by atoms with E-state index in [2.05, 4.69) is 0 Å². The van der Waals surface area contributed by atoms with Crippen LogP contribution in [0.15, 0.2) is 34.7 Å². The first-order valence-corrected chi connectivity index (χ1v) is 10.7. The lowest BCUT2D eigenvalue weighted by Crippen LogP contribution is -2.44. The number of furan rings is 1. The van der Waals surface area contributed by atoms with Crippen LogP contribution in [0, 0.1) is 5.92 Å². The molecule has 142 valence electrons. The molecule has 26 heavy (non-hydrogen) atoms. The smallest absolute Gasteiger partial charge is 0.226 e. The number of fused-ring (bicyclic) bond motifs is 1. The van der Waals surface area contributed by atoms with Gasteiger partial charge in [0.25, 0.3) is 0 Å². The molecule has 0 aliphatic carbocycles. The molecular formula is C19H26N2O4S. The predicted octanol–water partition coefficient (Wildman–Crippen LogP) is 3.01. The molecule has 1 unspecified atom stereocenters. The van der Waals surface area contributed by atoms with Crippen LogP contribution in [0.4, 0.5) is 0 Å². The highest BCUT2D eigenvalue weighted by atomic mass is 32.2. The number of carbonyl (C=O) groups excluding carboxylic acids is 1. The number of piperidine rings is 1. The van der Waals surface area contributed by atoms with Crippen molar-refractivity contribution in [2.45, 2.75) is 32.7 Å². The molecule has 1 aliphatic heterocycles. The number of carbonyl (C=O) groups is 1. The quantitative estimate of drug-likeness (QED) is 0.802. The number of para-hydroxylation sites is 1. The van der Waals surface area contributed by atoms with Gasteiger partial charge in [-0.25, -0.2) is 12.7 Å². The molecule has 1 fully saturated rings. The van der Waals surface area contributed by atoms with Gasteiger partial charge in [-0.05, 0) is 38.8 Å². The number of hydrogen-bond acceptors (Lipinski definition) is 4. The zero-order chi connectivity index (χ0) is 18.9. The fourth-order valence-electron chi connectivity index (χ4n) is 3.44. The summed E-state index contributed by atoms with van der Waals surface area (Å²) in [6, 6.07) is 9.58. The molecule has 2 aromatic rings. The summed E-state index contributed by atoms with van der Waals surface area (Å²) in [6.45, 7) is 4.43. The molecule has 7 heteroatoms. The van der Waals surface area contributed by atoms with Crippen LogP contribution in [0.1, 0.15) is 38.5 Å². The average molecular weight is 378 g/mol. The third-order valence-corrected chi connectivity index (χ3v) is 7.23. The molecule has 1 aliphatic rings. The van der Waals surface area contributed by atoms with Crippen LogP contribution in [-0.4, -0.2) is 49.4 Å². The van der Waals surface area contributed by atoms with Gasteiger partial charge in [-0.1, -0.05) is 18.2 Å². The summed E-state index contributed by atoms with van der Waals surface area (Å²) in [4.78, 5) is 14.6. The minimum atomic E-state index is -3.17. The highest BCUT2D eigenvalue weighted by Crippen LogP contribution is 2.29. The summed E-state index contributed by atoms with van der Waals surface area (Å²) in [5.74, 6) is 0.768. The number of rotatable bonds is 5. The Kier molecular flexibility index (Phi) is 5.39. The summed E-state index contributed by atoms with van der Waals surface area (Å²) in [5.41, 5.74) is 0.813. The first-order chi connectivity index (χ1) is 12.3. The summed E-state index contributed by atoms with van der Waals surface area (Å²) < 4.78 is 31.3. The topological polar surface area (TPSA) is 70.8 Å². The van der Waals surface area contributed by atoms with E-state index in [1.54, 1.807) is 18.9 Å². The van der Waals surface area contributed by atoms with E-state index in [9.17, 15) is 13.2 Å². The van der Waals surface area contributed by atoms with Crippen molar-refractivity contribution in [3.8, 4) is 0 Å². The van der Waals surface area contributed by atoms with E-state index in [0.717, 1.165) is 16.7 Å². The maximum Gasteiger partial charge on any atom is 0.226 e. The highest BCUT2D eigenvalue weighted by Gasteiger charge is 2.33. The van der Waals surface area contributed by atoms with Gasteiger partial charge >= 0.3 is 0 Å². The minimum absolute atomic E-state index is 0.0477. The van der Waals surface area contributed by atoms with Gasteiger partial charge in [-0.15, -0.1) is 0 Å². The Hall–Kier alpha value is -1.86. The van der Waals surface area contributed by atoms with Gasteiger partial charge in [0.1, 0.15) is 11.3 Å². The van der Waals surface area contributed by atoms with Gasteiger partial charge in [0.15, 0.2) is 0 Å². The summed E-state index contributed by atoms with van der Waals surface area (Å²) in [5, 5.41) is 1.02. The maximum absolute atomic E-state index is 12.9. The van der Waals surface area contributed by atoms with Crippen LogP contribution in [0.3, 0.4) is 0 Å². The maximum atomic E-state index is 12.9. The van der Waals surface area contributed by atoms with E-state index < -0.39 is 10.0 Å². The molecule has 6 nitrogen and oxygen atoms in total. The van der Waals surface area contributed by atoms with Crippen molar-refractivity contribution in [3.63, 3.8) is 0 Å². The number of amides is 1. The largest absolute Gasteiger partial charge is 0.459 e. The standard InChI is InChI=1S/C19H26N2O4S/c1-4-26(23,24)21-11-9-15(10-12-21)19(22)20(3)14(2)18-13-16-7-5-6-8-17(16)25-18/h5-8,13-15H,4,9-12H2,1-3H3. The van der Waals surface area contributed by atoms with Gasteiger partial charge in [0.05, 0.1) is 11.8 Å². The molecule has 2 heterocycles. The van der Waals surface area contributed by atoms with Crippen molar-refractivity contribution in [3.05, 3.63) is 36.1 Å². The summed E-state index contributed by atoms with van der Waals surface area (Å²) >= 11 is 0. The Balaban J connectivity index is 1.66. The van der Waals surface area contributed by atoms with Crippen LogP contribution >= 0.6 is 0 Å². The van der Waals surface area contributed by atoms with Crippen LogP contribution in [-0.2, 0) is 14.8 Å². The third kappa shape index (κ3) is 3.64. The molecule has 1 aromatic carbocycles. The van der Waals surface area contributed by atoms with E-state index in [4.69, 9.17) is 4.42 Å². The zero-order valence-electron chi connectivity index (χ0n) is 15.5. The fraction of sp³-hybridized carbons (Fsp3) is 0.526. The van der Waals surface area contributed by atoms with Crippen LogP contribution in [0.2, 0.25) is 0 Å².